The maximum absolute atomic E-state index is 11.6. The number of esters is 1. The SMILES string of the molecule is COC(=O)C(C)(C)CNCc1cc(Br)cc2c1OCC2. The number of ether oxygens (including phenoxy) is 2. The van der Waals surface area contributed by atoms with Gasteiger partial charge in [-0.1, -0.05) is 15.9 Å². The van der Waals surface area contributed by atoms with Crippen LogP contribution in [0, 0.1) is 5.41 Å². The van der Waals surface area contributed by atoms with Crippen molar-refractivity contribution in [3.63, 3.8) is 0 Å². The molecule has 1 N–H and O–H groups in total. The Bertz CT molecular complexity index is 514. The minimum atomic E-state index is -0.537. The Morgan fingerprint density at radius 1 is 1.50 bits per heavy atom. The van der Waals surface area contributed by atoms with Crippen molar-refractivity contribution >= 4 is 21.9 Å². The van der Waals surface area contributed by atoms with Crippen LogP contribution in [0.1, 0.15) is 25.0 Å². The van der Waals surface area contributed by atoms with E-state index >= 15 is 0 Å². The van der Waals surface area contributed by atoms with E-state index in [-0.39, 0.29) is 5.97 Å². The molecule has 1 aliphatic heterocycles. The van der Waals surface area contributed by atoms with Crippen LogP contribution < -0.4 is 10.1 Å². The molecule has 0 bridgehead atoms. The first-order valence-corrected chi connectivity index (χ1v) is 7.46. The average molecular weight is 342 g/mol. The maximum atomic E-state index is 11.6. The van der Waals surface area contributed by atoms with Gasteiger partial charge in [-0.2, -0.15) is 0 Å². The number of fused-ring (bicyclic) bond motifs is 1. The van der Waals surface area contributed by atoms with Crippen LogP contribution in [0.5, 0.6) is 5.75 Å². The molecular weight excluding hydrogens is 322 g/mol. The number of carbonyl (C=O) groups excluding carboxylic acids is 1. The molecule has 0 atom stereocenters. The molecule has 1 heterocycles. The summed E-state index contributed by atoms with van der Waals surface area (Å²) >= 11 is 3.52. The zero-order valence-corrected chi connectivity index (χ0v) is 13.7. The summed E-state index contributed by atoms with van der Waals surface area (Å²) in [5, 5.41) is 3.31. The molecule has 0 unspecified atom stereocenters. The van der Waals surface area contributed by atoms with Crippen molar-refractivity contribution in [1.29, 1.82) is 0 Å². The second-order valence-corrected chi connectivity index (χ2v) is 6.55. The summed E-state index contributed by atoms with van der Waals surface area (Å²) in [7, 11) is 1.42. The second-order valence-electron chi connectivity index (χ2n) is 5.63. The van der Waals surface area contributed by atoms with Gasteiger partial charge in [0.25, 0.3) is 0 Å². The number of rotatable bonds is 5. The van der Waals surface area contributed by atoms with Gasteiger partial charge >= 0.3 is 5.97 Å². The van der Waals surface area contributed by atoms with Crippen LogP contribution in [0.25, 0.3) is 0 Å². The number of halogens is 1. The van der Waals surface area contributed by atoms with Crippen LogP contribution in [-0.2, 0) is 22.5 Å². The second kappa shape index (κ2) is 6.14. The Labute approximate surface area is 128 Å². The quantitative estimate of drug-likeness (QED) is 0.836. The molecule has 20 heavy (non-hydrogen) atoms. The van der Waals surface area contributed by atoms with Gasteiger partial charge in [0.15, 0.2) is 0 Å². The van der Waals surface area contributed by atoms with E-state index in [1.165, 1.54) is 12.7 Å². The van der Waals surface area contributed by atoms with Crippen molar-refractivity contribution in [2.45, 2.75) is 26.8 Å². The molecule has 1 aliphatic rings. The Balaban J connectivity index is 2.00. The third-order valence-electron chi connectivity index (χ3n) is 3.45. The van der Waals surface area contributed by atoms with Gasteiger partial charge in [-0.15, -0.1) is 0 Å². The van der Waals surface area contributed by atoms with Gasteiger partial charge in [0.1, 0.15) is 5.75 Å². The van der Waals surface area contributed by atoms with Crippen LogP contribution in [0.2, 0.25) is 0 Å². The normalized spacial score (nSPS) is 13.8. The molecular formula is C15H20BrNO3. The fourth-order valence-corrected chi connectivity index (χ4v) is 2.89. The van der Waals surface area contributed by atoms with E-state index < -0.39 is 5.41 Å². The molecule has 0 fully saturated rings. The van der Waals surface area contributed by atoms with Gasteiger partial charge in [0.2, 0.25) is 0 Å². The van der Waals surface area contributed by atoms with Crippen molar-refractivity contribution in [3.8, 4) is 5.75 Å². The van der Waals surface area contributed by atoms with E-state index in [1.54, 1.807) is 0 Å². The lowest BCUT2D eigenvalue weighted by molar-refractivity contribution is -0.150. The predicted molar refractivity (Wildman–Crippen MR) is 80.8 cm³/mol. The van der Waals surface area contributed by atoms with Crippen LogP contribution in [0.15, 0.2) is 16.6 Å². The highest BCUT2D eigenvalue weighted by Crippen LogP contribution is 2.33. The van der Waals surface area contributed by atoms with Crippen molar-refractivity contribution in [2.75, 3.05) is 20.3 Å². The summed E-state index contributed by atoms with van der Waals surface area (Å²) in [6.07, 6.45) is 0.954. The summed E-state index contributed by atoms with van der Waals surface area (Å²) in [6, 6.07) is 4.16. The molecule has 0 spiro atoms. The number of hydrogen-bond acceptors (Lipinski definition) is 4. The number of hydrogen-bond donors (Lipinski definition) is 1. The summed E-state index contributed by atoms with van der Waals surface area (Å²) < 4.78 is 11.5. The number of nitrogens with one attached hydrogen (secondary N) is 1. The zero-order chi connectivity index (χ0) is 14.8. The zero-order valence-electron chi connectivity index (χ0n) is 12.1. The van der Waals surface area contributed by atoms with E-state index in [0.717, 1.165) is 28.8 Å². The van der Waals surface area contributed by atoms with E-state index in [2.05, 4.69) is 33.4 Å². The summed E-state index contributed by atoms with van der Waals surface area (Å²) in [5.41, 5.74) is 1.82. The van der Waals surface area contributed by atoms with Gasteiger partial charge in [-0.3, -0.25) is 4.79 Å². The topological polar surface area (TPSA) is 47.6 Å². The molecule has 5 heteroatoms. The highest BCUT2D eigenvalue weighted by Gasteiger charge is 2.28. The monoisotopic (exact) mass is 341 g/mol. The van der Waals surface area contributed by atoms with Crippen molar-refractivity contribution < 1.29 is 14.3 Å². The highest BCUT2D eigenvalue weighted by molar-refractivity contribution is 9.10. The summed E-state index contributed by atoms with van der Waals surface area (Å²) in [6.45, 7) is 5.71. The third kappa shape index (κ3) is 3.33. The minimum Gasteiger partial charge on any atom is -0.493 e. The first-order chi connectivity index (χ1) is 9.44. The molecule has 0 radical (unpaired) electrons. The maximum Gasteiger partial charge on any atom is 0.312 e. The molecule has 0 aliphatic carbocycles. The molecule has 0 amide bonds. The largest absolute Gasteiger partial charge is 0.493 e. The summed E-state index contributed by atoms with van der Waals surface area (Å²) in [5.74, 6) is 0.775. The average Bonchev–Trinajstić information content (AvgIpc) is 2.85. The van der Waals surface area contributed by atoms with Gasteiger partial charge in [0.05, 0.1) is 19.1 Å². The van der Waals surface area contributed by atoms with Gasteiger partial charge in [-0.05, 0) is 31.5 Å². The van der Waals surface area contributed by atoms with Crippen LogP contribution >= 0.6 is 15.9 Å². The van der Waals surface area contributed by atoms with Crippen molar-refractivity contribution in [2.24, 2.45) is 5.41 Å². The standard InChI is InChI=1S/C15H20BrNO3/c1-15(2,14(18)19-3)9-17-8-11-7-12(16)6-10-4-5-20-13(10)11/h6-7,17H,4-5,8-9H2,1-3H3. The van der Waals surface area contributed by atoms with Gasteiger partial charge in [-0.25, -0.2) is 0 Å². The lowest BCUT2D eigenvalue weighted by Crippen LogP contribution is -2.36. The molecule has 0 saturated carbocycles. The lowest BCUT2D eigenvalue weighted by Gasteiger charge is -2.22. The molecule has 110 valence electrons. The first-order valence-electron chi connectivity index (χ1n) is 6.67. The van der Waals surface area contributed by atoms with Crippen molar-refractivity contribution in [1.82, 2.24) is 5.32 Å². The fraction of sp³-hybridized carbons (Fsp3) is 0.533. The fourth-order valence-electron chi connectivity index (χ4n) is 2.34. The van der Waals surface area contributed by atoms with Crippen LogP contribution in [0.3, 0.4) is 0 Å². The number of carbonyl (C=O) groups is 1. The predicted octanol–water partition coefficient (Wildman–Crippen LogP) is 2.67. The number of benzene rings is 1. The Morgan fingerprint density at radius 3 is 2.95 bits per heavy atom. The lowest BCUT2D eigenvalue weighted by atomic mass is 9.93. The molecule has 1 aromatic carbocycles. The third-order valence-corrected chi connectivity index (χ3v) is 3.90. The van der Waals surface area contributed by atoms with Gasteiger partial charge in [0, 0.05) is 29.5 Å². The van der Waals surface area contributed by atoms with Crippen molar-refractivity contribution in [3.05, 3.63) is 27.7 Å². The Hall–Kier alpha value is -1.07. The first kappa shape index (κ1) is 15.3. The van der Waals surface area contributed by atoms with E-state index in [0.29, 0.717) is 13.1 Å². The Kier molecular flexibility index (Phi) is 4.70. The minimum absolute atomic E-state index is 0.208. The van der Waals surface area contributed by atoms with Crippen LogP contribution in [0.4, 0.5) is 0 Å². The summed E-state index contributed by atoms with van der Waals surface area (Å²) in [4.78, 5) is 11.6. The molecule has 1 aromatic rings. The Morgan fingerprint density at radius 2 is 2.25 bits per heavy atom. The van der Waals surface area contributed by atoms with E-state index in [4.69, 9.17) is 9.47 Å². The molecule has 0 aromatic heterocycles. The molecule has 4 nitrogen and oxygen atoms in total. The van der Waals surface area contributed by atoms with Gasteiger partial charge < -0.3 is 14.8 Å². The molecule has 0 saturated heterocycles. The molecule has 2 rings (SSSR count). The van der Waals surface area contributed by atoms with Crippen LogP contribution in [-0.4, -0.2) is 26.2 Å². The van der Waals surface area contributed by atoms with E-state index in [9.17, 15) is 4.79 Å². The highest BCUT2D eigenvalue weighted by atomic mass is 79.9. The smallest absolute Gasteiger partial charge is 0.312 e. The van der Waals surface area contributed by atoms with E-state index in [1.807, 2.05) is 13.8 Å². The number of methoxy groups -OCH3 is 1.